The Bertz CT molecular complexity index is 2290. The number of nitrogens with zero attached hydrogens (tertiary/aromatic N) is 6. The molecule has 8 rings (SSSR count). The van der Waals surface area contributed by atoms with E-state index in [9.17, 15) is 4.39 Å². The Labute approximate surface area is 282 Å². The van der Waals surface area contributed by atoms with Crippen LogP contribution in [0.5, 0.6) is 0 Å². The first-order valence-corrected chi connectivity index (χ1v) is 15.8. The molecule has 0 aliphatic heterocycles. The number of aromatic nitrogens is 6. The van der Waals surface area contributed by atoms with Crippen LogP contribution in [0.15, 0.2) is 164 Å². The van der Waals surface area contributed by atoms with Crippen molar-refractivity contribution >= 4 is 0 Å². The zero-order valence-electron chi connectivity index (χ0n) is 26.1. The van der Waals surface area contributed by atoms with Crippen molar-refractivity contribution < 1.29 is 4.39 Å². The fourth-order valence-corrected chi connectivity index (χ4v) is 5.58. The van der Waals surface area contributed by atoms with Gasteiger partial charge in [0.05, 0.1) is 29.0 Å². The molecule has 0 unspecified atom stereocenters. The van der Waals surface area contributed by atoms with E-state index in [4.69, 9.17) is 24.9 Å². The number of pyridine rings is 3. The molecule has 4 aromatic heterocycles. The summed E-state index contributed by atoms with van der Waals surface area (Å²) in [4.78, 5) is 28.4. The maximum Gasteiger partial charge on any atom is 0.164 e. The van der Waals surface area contributed by atoms with Gasteiger partial charge in [-0.05, 0) is 47.0 Å². The molecule has 0 amide bonds. The minimum Gasteiger partial charge on any atom is -0.254 e. The lowest BCUT2D eigenvalue weighted by molar-refractivity contribution is 0.622. The normalized spacial score (nSPS) is 11.0. The summed E-state index contributed by atoms with van der Waals surface area (Å²) in [5.74, 6) is 1.45. The molecular formula is C42H27FN6. The van der Waals surface area contributed by atoms with Gasteiger partial charge < -0.3 is 0 Å². The average molecular weight is 635 g/mol. The minimum absolute atomic E-state index is 0.393. The van der Waals surface area contributed by atoms with Gasteiger partial charge in [-0.15, -0.1) is 0 Å². The SMILES string of the molecule is Fc1ccc(-c2cc(-c3ccccc3)cc(-c3ccc(-c4ccc(-c5nc(-c6ccccc6)nc(-c6ccccc6)n5)cc4)cn3)n2)nc1. The molecule has 0 spiro atoms. The van der Waals surface area contributed by atoms with E-state index in [-0.39, 0.29) is 0 Å². The molecule has 232 valence electrons. The first-order chi connectivity index (χ1) is 24.2. The van der Waals surface area contributed by atoms with Gasteiger partial charge in [0, 0.05) is 28.5 Å². The van der Waals surface area contributed by atoms with Crippen molar-refractivity contribution in [3.63, 3.8) is 0 Å². The number of hydrogen-bond acceptors (Lipinski definition) is 6. The second kappa shape index (κ2) is 13.2. The highest BCUT2D eigenvalue weighted by Gasteiger charge is 2.14. The van der Waals surface area contributed by atoms with Crippen molar-refractivity contribution in [2.75, 3.05) is 0 Å². The van der Waals surface area contributed by atoms with E-state index in [1.807, 2.05) is 146 Å². The van der Waals surface area contributed by atoms with Gasteiger partial charge in [-0.1, -0.05) is 121 Å². The Morgan fingerprint density at radius 3 is 1.18 bits per heavy atom. The number of hydrogen-bond donors (Lipinski definition) is 0. The van der Waals surface area contributed by atoms with Gasteiger partial charge in [-0.25, -0.2) is 24.3 Å². The summed E-state index contributed by atoms with van der Waals surface area (Å²) in [5, 5.41) is 0. The highest BCUT2D eigenvalue weighted by atomic mass is 19.1. The third kappa shape index (κ3) is 6.46. The fourth-order valence-electron chi connectivity index (χ4n) is 5.58. The van der Waals surface area contributed by atoms with Gasteiger partial charge in [0.1, 0.15) is 5.82 Å². The van der Waals surface area contributed by atoms with Crippen LogP contribution in [-0.2, 0) is 0 Å². The number of halogens is 1. The topological polar surface area (TPSA) is 77.3 Å². The Balaban J connectivity index is 1.11. The highest BCUT2D eigenvalue weighted by molar-refractivity contribution is 5.76. The van der Waals surface area contributed by atoms with Crippen molar-refractivity contribution in [3.05, 3.63) is 170 Å². The maximum atomic E-state index is 13.6. The molecule has 0 fully saturated rings. The Kier molecular flexibility index (Phi) is 7.97. The Morgan fingerprint density at radius 1 is 0.306 bits per heavy atom. The van der Waals surface area contributed by atoms with Gasteiger partial charge in [-0.3, -0.25) is 9.97 Å². The summed E-state index contributed by atoms with van der Waals surface area (Å²) in [6.07, 6.45) is 3.05. The lowest BCUT2D eigenvalue weighted by atomic mass is 10.0. The molecule has 49 heavy (non-hydrogen) atoms. The molecule has 7 heteroatoms. The largest absolute Gasteiger partial charge is 0.254 e. The summed E-state index contributed by atoms with van der Waals surface area (Å²) < 4.78 is 13.6. The van der Waals surface area contributed by atoms with E-state index >= 15 is 0 Å². The molecular weight excluding hydrogens is 608 g/mol. The molecule has 0 saturated heterocycles. The minimum atomic E-state index is -0.393. The zero-order valence-corrected chi connectivity index (χ0v) is 26.1. The van der Waals surface area contributed by atoms with Crippen LogP contribution in [-0.4, -0.2) is 29.9 Å². The standard InChI is InChI=1S/C42H27FN6/c43-35-21-23-37(45-27-35)39-25-34(28-10-4-1-5-11-28)24-38(46-39)36-22-20-33(26-44-36)29-16-18-32(19-17-29)42-48-40(30-12-6-2-7-13-30)47-41(49-42)31-14-8-3-9-15-31/h1-27H. The van der Waals surface area contributed by atoms with Crippen LogP contribution >= 0.6 is 0 Å². The van der Waals surface area contributed by atoms with Crippen LogP contribution in [0.25, 0.3) is 79.2 Å². The van der Waals surface area contributed by atoms with Crippen LogP contribution in [0.4, 0.5) is 4.39 Å². The van der Waals surface area contributed by atoms with Crippen molar-refractivity contribution in [3.8, 4) is 79.2 Å². The summed E-state index contributed by atoms with van der Waals surface area (Å²) in [6.45, 7) is 0. The first kappa shape index (κ1) is 29.7. The predicted molar refractivity (Wildman–Crippen MR) is 191 cm³/mol. The molecule has 0 bridgehead atoms. The maximum absolute atomic E-state index is 13.6. The summed E-state index contributed by atoms with van der Waals surface area (Å²) in [7, 11) is 0. The van der Waals surface area contributed by atoms with Crippen LogP contribution in [0.3, 0.4) is 0 Å². The van der Waals surface area contributed by atoms with Gasteiger partial charge in [-0.2, -0.15) is 0 Å². The van der Waals surface area contributed by atoms with Crippen LogP contribution in [0.2, 0.25) is 0 Å². The second-order valence-electron chi connectivity index (χ2n) is 11.4. The molecule has 0 radical (unpaired) electrons. The molecule has 0 saturated carbocycles. The van der Waals surface area contributed by atoms with E-state index in [1.54, 1.807) is 6.07 Å². The molecule has 6 nitrogen and oxygen atoms in total. The van der Waals surface area contributed by atoms with E-state index in [0.29, 0.717) is 40.2 Å². The third-order valence-corrected chi connectivity index (χ3v) is 8.12. The van der Waals surface area contributed by atoms with Crippen LogP contribution in [0.1, 0.15) is 0 Å². The summed E-state index contributed by atoms with van der Waals surface area (Å²) in [5.41, 5.74) is 9.35. The van der Waals surface area contributed by atoms with E-state index in [2.05, 4.69) is 4.98 Å². The fraction of sp³-hybridized carbons (Fsp3) is 0. The molecule has 4 aromatic carbocycles. The monoisotopic (exact) mass is 634 g/mol. The highest BCUT2D eigenvalue weighted by Crippen LogP contribution is 2.31. The van der Waals surface area contributed by atoms with Crippen molar-refractivity contribution in [2.24, 2.45) is 0 Å². The molecule has 4 heterocycles. The van der Waals surface area contributed by atoms with Gasteiger partial charge in [0.15, 0.2) is 17.5 Å². The number of rotatable bonds is 7. The first-order valence-electron chi connectivity index (χ1n) is 15.8. The quantitative estimate of drug-likeness (QED) is 0.174. The molecule has 0 atom stereocenters. The number of benzene rings is 4. The second-order valence-corrected chi connectivity index (χ2v) is 11.4. The van der Waals surface area contributed by atoms with Gasteiger partial charge >= 0.3 is 0 Å². The molecule has 0 aliphatic carbocycles. The van der Waals surface area contributed by atoms with Crippen molar-refractivity contribution in [1.82, 2.24) is 29.9 Å². The molecule has 8 aromatic rings. The van der Waals surface area contributed by atoms with Gasteiger partial charge in [0.25, 0.3) is 0 Å². The average Bonchev–Trinajstić information content (AvgIpc) is 3.19. The molecule has 0 N–H and O–H groups in total. The summed E-state index contributed by atoms with van der Waals surface area (Å²) in [6, 6.07) is 49.1. The zero-order chi connectivity index (χ0) is 33.0. The smallest absolute Gasteiger partial charge is 0.164 e. The molecule has 0 aliphatic rings. The van der Waals surface area contributed by atoms with Gasteiger partial charge in [0.2, 0.25) is 0 Å². The van der Waals surface area contributed by atoms with E-state index < -0.39 is 5.82 Å². The van der Waals surface area contributed by atoms with Crippen molar-refractivity contribution in [2.45, 2.75) is 0 Å². The van der Waals surface area contributed by atoms with Crippen molar-refractivity contribution in [1.29, 1.82) is 0 Å². The lowest BCUT2D eigenvalue weighted by Gasteiger charge is -2.10. The van der Waals surface area contributed by atoms with E-state index in [0.717, 1.165) is 38.9 Å². The van der Waals surface area contributed by atoms with Crippen LogP contribution < -0.4 is 0 Å². The van der Waals surface area contributed by atoms with Crippen LogP contribution in [0, 0.1) is 5.82 Å². The predicted octanol–water partition coefficient (Wildman–Crippen LogP) is 9.86. The van der Waals surface area contributed by atoms with E-state index in [1.165, 1.54) is 12.3 Å². The summed E-state index contributed by atoms with van der Waals surface area (Å²) >= 11 is 0. The third-order valence-electron chi connectivity index (χ3n) is 8.12. The Hall–Kier alpha value is -6.73. The Morgan fingerprint density at radius 2 is 0.714 bits per heavy atom. The lowest BCUT2D eigenvalue weighted by Crippen LogP contribution is -2.00.